The molecule has 0 aliphatic carbocycles. The molecule has 0 aliphatic rings. The van der Waals surface area contributed by atoms with Gasteiger partial charge in [0.25, 0.3) is 0 Å². The SMILES string of the molecule is C=CC(=O)OCC(O)COCCOCC(O)(COCCC(CO)OC(=O)C=C)OCCO. The summed E-state index contributed by atoms with van der Waals surface area (Å²) in [5.74, 6) is -3.18. The summed E-state index contributed by atoms with van der Waals surface area (Å²) >= 11 is 0. The Balaban J connectivity index is 4.17. The van der Waals surface area contributed by atoms with Gasteiger partial charge in [-0.2, -0.15) is 0 Å². The normalized spacial score (nSPS) is 14.8. The van der Waals surface area contributed by atoms with Gasteiger partial charge in [0, 0.05) is 18.6 Å². The molecule has 3 unspecified atom stereocenters. The summed E-state index contributed by atoms with van der Waals surface area (Å²) in [6.45, 7) is 4.84. The first-order valence-corrected chi connectivity index (χ1v) is 9.91. The van der Waals surface area contributed by atoms with Crippen molar-refractivity contribution in [2.75, 3.05) is 66.1 Å². The highest BCUT2D eigenvalue weighted by Gasteiger charge is 2.29. The largest absolute Gasteiger partial charge is 0.460 e. The molecule has 0 amide bonds. The van der Waals surface area contributed by atoms with Gasteiger partial charge in [-0.15, -0.1) is 0 Å². The third kappa shape index (κ3) is 15.8. The first kappa shape index (κ1) is 30.1. The van der Waals surface area contributed by atoms with Crippen molar-refractivity contribution >= 4 is 11.9 Å². The van der Waals surface area contributed by atoms with E-state index < -0.39 is 36.5 Å². The zero-order valence-corrected chi connectivity index (χ0v) is 18.1. The van der Waals surface area contributed by atoms with Crippen LogP contribution in [0.5, 0.6) is 0 Å². The molecule has 0 spiro atoms. The predicted molar refractivity (Wildman–Crippen MR) is 109 cm³/mol. The van der Waals surface area contributed by atoms with Crippen molar-refractivity contribution < 1.29 is 58.4 Å². The molecule has 3 atom stereocenters. The summed E-state index contributed by atoms with van der Waals surface area (Å²) < 4.78 is 30.5. The number of esters is 2. The zero-order chi connectivity index (χ0) is 24.2. The summed E-state index contributed by atoms with van der Waals surface area (Å²) in [5.41, 5.74) is 0. The van der Waals surface area contributed by atoms with Gasteiger partial charge in [0.15, 0.2) is 0 Å². The van der Waals surface area contributed by atoms with Crippen molar-refractivity contribution in [3.63, 3.8) is 0 Å². The molecule has 12 heteroatoms. The van der Waals surface area contributed by atoms with Crippen molar-refractivity contribution in [2.24, 2.45) is 0 Å². The average molecular weight is 466 g/mol. The maximum Gasteiger partial charge on any atom is 0.330 e. The van der Waals surface area contributed by atoms with Crippen LogP contribution in [0.3, 0.4) is 0 Å². The Bertz CT molecular complexity index is 541. The highest BCUT2D eigenvalue weighted by atomic mass is 16.7. The van der Waals surface area contributed by atoms with E-state index in [4.69, 9.17) is 28.8 Å². The first-order valence-electron chi connectivity index (χ1n) is 9.91. The third-order valence-electron chi connectivity index (χ3n) is 3.62. The summed E-state index contributed by atoms with van der Waals surface area (Å²) in [6.07, 6.45) is 0.338. The van der Waals surface area contributed by atoms with Crippen LogP contribution in [0, 0.1) is 0 Å². The van der Waals surface area contributed by atoms with Crippen molar-refractivity contribution in [3.05, 3.63) is 25.3 Å². The molecule has 0 rings (SSSR count). The van der Waals surface area contributed by atoms with E-state index in [-0.39, 0.29) is 65.9 Å². The number of aliphatic hydroxyl groups is 4. The smallest absolute Gasteiger partial charge is 0.330 e. The first-order chi connectivity index (χ1) is 15.3. The molecule has 0 aromatic rings. The molecule has 0 bridgehead atoms. The van der Waals surface area contributed by atoms with Crippen LogP contribution in [0.25, 0.3) is 0 Å². The van der Waals surface area contributed by atoms with Crippen LogP contribution in [0.4, 0.5) is 0 Å². The number of hydrogen-bond donors (Lipinski definition) is 4. The van der Waals surface area contributed by atoms with Gasteiger partial charge in [-0.05, 0) is 0 Å². The number of rotatable bonds is 21. The third-order valence-corrected chi connectivity index (χ3v) is 3.62. The lowest BCUT2D eigenvalue weighted by molar-refractivity contribution is -0.260. The highest BCUT2D eigenvalue weighted by molar-refractivity contribution is 5.81. The van der Waals surface area contributed by atoms with Gasteiger partial charge in [0.2, 0.25) is 5.79 Å². The van der Waals surface area contributed by atoms with Crippen LogP contribution < -0.4 is 0 Å². The van der Waals surface area contributed by atoms with E-state index >= 15 is 0 Å². The second kappa shape index (κ2) is 18.7. The molecule has 186 valence electrons. The van der Waals surface area contributed by atoms with E-state index in [0.717, 1.165) is 12.2 Å². The average Bonchev–Trinajstić information content (AvgIpc) is 2.80. The van der Waals surface area contributed by atoms with Gasteiger partial charge < -0.3 is 48.8 Å². The second-order valence-electron chi connectivity index (χ2n) is 6.42. The van der Waals surface area contributed by atoms with E-state index in [1.807, 2.05) is 0 Å². The maximum atomic E-state index is 11.2. The van der Waals surface area contributed by atoms with Gasteiger partial charge in [0.05, 0.1) is 46.2 Å². The van der Waals surface area contributed by atoms with Gasteiger partial charge in [0.1, 0.15) is 32.0 Å². The Hall–Kier alpha value is -1.90. The number of carbonyl (C=O) groups excluding carboxylic acids is 2. The minimum Gasteiger partial charge on any atom is -0.460 e. The monoisotopic (exact) mass is 466 g/mol. The fourth-order valence-electron chi connectivity index (χ4n) is 2.06. The predicted octanol–water partition coefficient (Wildman–Crippen LogP) is -1.70. The van der Waals surface area contributed by atoms with Gasteiger partial charge >= 0.3 is 11.9 Å². The number of ether oxygens (including phenoxy) is 6. The molecule has 0 heterocycles. The van der Waals surface area contributed by atoms with Crippen LogP contribution in [0.2, 0.25) is 0 Å². The lowest BCUT2D eigenvalue weighted by atomic mass is 10.2. The minimum absolute atomic E-state index is 0.0396. The summed E-state index contributed by atoms with van der Waals surface area (Å²) in [5, 5.41) is 38.2. The summed E-state index contributed by atoms with van der Waals surface area (Å²) in [7, 11) is 0. The second-order valence-corrected chi connectivity index (χ2v) is 6.42. The van der Waals surface area contributed by atoms with Crippen LogP contribution >= 0.6 is 0 Å². The van der Waals surface area contributed by atoms with Crippen molar-refractivity contribution in [2.45, 2.75) is 24.4 Å². The molecule has 0 saturated carbocycles. The number of aliphatic hydroxyl groups excluding tert-OH is 3. The molecule has 0 saturated heterocycles. The lowest BCUT2D eigenvalue weighted by Crippen LogP contribution is -2.44. The van der Waals surface area contributed by atoms with Crippen LogP contribution in [0.1, 0.15) is 6.42 Å². The molecular weight excluding hydrogens is 432 g/mol. The Morgan fingerprint density at radius 1 is 0.906 bits per heavy atom. The number of carbonyl (C=O) groups is 2. The van der Waals surface area contributed by atoms with Crippen LogP contribution in [-0.4, -0.2) is 116 Å². The maximum absolute atomic E-state index is 11.2. The quantitative estimate of drug-likeness (QED) is 0.0655. The Morgan fingerprint density at radius 2 is 1.53 bits per heavy atom. The van der Waals surface area contributed by atoms with E-state index in [9.17, 15) is 24.9 Å². The zero-order valence-electron chi connectivity index (χ0n) is 18.1. The van der Waals surface area contributed by atoms with Crippen molar-refractivity contribution in [1.82, 2.24) is 0 Å². The molecular formula is C20H34O12. The Kier molecular flexibility index (Phi) is 17.5. The van der Waals surface area contributed by atoms with E-state index in [1.54, 1.807) is 0 Å². The van der Waals surface area contributed by atoms with Crippen LogP contribution in [0.15, 0.2) is 25.3 Å². The van der Waals surface area contributed by atoms with E-state index in [1.165, 1.54) is 0 Å². The lowest BCUT2D eigenvalue weighted by Gasteiger charge is -2.28. The van der Waals surface area contributed by atoms with Gasteiger partial charge in [-0.1, -0.05) is 13.2 Å². The molecule has 0 aliphatic heterocycles. The summed E-state index contributed by atoms with van der Waals surface area (Å²) in [6, 6.07) is 0. The van der Waals surface area contributed by atoms with Crippen LogP contribution in [-0.2, 0) is 38.0 Å². The fourth-order valence-corrected chi connectivity index (χ4v) is 2.06. The Labute approximate surface area is 186 Å². The standard InChI is InChI=1S/C20H34O12/c1-3-18(24)30-13-16(23)12-27-9-10-29-15-20(26,31-8-6-21)14-28-7-5-17(11-22)32-19(25)4-2/h3-4,16-17,21-23,26H,1-2,5-15H2. The van der Waals surface area contributed by atoms with Gasteiger partial charge in [-0.25, -0.2) is 9.59 Å². The molecule has 32 heavy (non-hydrogen) atoms. The summed E-state index contributed by atoms with van der Waals surface area (Å²) in [4.78, 5) is 22.0. The minimum atomic E-state index is -1.85. The van der Waals surface area contributed by atoms with Crippen molar-refractivity contribution in [1.29, 1.82) is 0 Å². The fraction of sp³-hybridized carbons (Fsp3) is 0.700. The molecule has 4 N–H and O–H groups in total. The van der Waals surface area contributed by atoms with E-state index in [0.29, 0.717) is 0 Å². The topological polar surface area (TPSA) is 170 Å². The molecule has 0 radical (unpaired) electrons. The number of hydrogen-bond acceptors (Lipinski definition) is 12. The molecule has 0 fully saturated rings. The molecule has 12 nitrogen and oxygen atoms in total. The molecule has 0 aromatic heterocycles. The van der Waals surface area contributed by atoms with Gasteiger partial charge in [-0.3, -0.25) is 0 Å². The molecule has 0 aromatic carbocycles. The van der Waals surface area contributed by atoms with E-state index in [2.05, 4.69) is 17.9 Å². The Morgan fingerprint density at radius 3 is 2.12 bits per heavy atom. The van der Waals surface area contributed by atoms with Crippen molar-refractivity contribution in [3.8, 4) is 0 Å². The highest BCUT2D eigenvalue weighted by Crippen LogP contribution is 2.10.